The number of aromatic nitrogens is 5. The smallest absolute Gasteiger partial charge is 0.319 e. The number of ether oxygens (including phenoxy) is 1. The van der Waals surface area contributed by atoms with E-state index in [2.05, 4.69) is 15.0 Å². The van der Waals surface area contributed by atoms with Crippen molar-refractivity contribution in [1.82, 2.24) is 23.9 Å². The van der Waals surface area contributed by atoms with Crippen molar-refractivity contribution >= 4 is 46.6 Å². The third kappa shape index (κ3) is 3.95. The van der Waals surface area contributed by atoms with Crippen molar-refractivity contribution in [2.75, 3.05) is 6.61 Å². The van der Waals surface area contributed by atoms with Gasteiger partial charge in [-0.05, 0) is 29.8 Å². The van der Waals surface area contributed by atoms with Gasteiger partial charge in [-0.2, -0.15) is 4.98 Å². The summed E-state index contributed by atoms with van der Waals surface area (Å²) in [6, 6.07) is 14.6. The zero-order chi connectivity index (χ0) is 27.8. The molecule has 2 saturated heterocycles. The maximum absolute atomic E-state index is 13.8. The van der Waals surface area contributed by atoms with Crippen LogP contribution in [0.4, 0.5) is 0 Å². The molecular formula is C24H19ClN5O8PS. The second-order valence-electron chi connectivity index (χ2n) is 9.24. The Morgan fingerprint density at radius 2 is 1.85 bits per heavy atom. The molecule has 5 atom stereocenters. The van der Waals surface area contributed by atoms with Gasteiger partial charge in [0.2, 0.25) is 20.8 Å². The fraction of sp³-hybridized carbons (Fsp3) is 0.208. The Balaban J connectivity index is 1.47. The monoisotopic (exact) mass is 603 g/mol. The summed E-state index contributed by atoms with van der Waals surface area (Å²) in [7, 11) is -7.26. The second-order valence-corrected chi connectivity index (χ2v) is 12.5. The van der Waals surface area contributed by atoms with Crippen molar-refractivity contribution in [3.63, 3.8) is 0 Å². The average Bonchev–Trinajstić information content (AvgIpc) is 3.64. The minimum atomic E-state index is -4.39. The van der Waals surface area contributed by atoms with Crippen molar-refractivity contribution in [2.24, 2.45) is 0 Å². The summed E-state index contributed by atoms with van der Waals surface area (Å²) in [4.78, 5) is 25.3. The van der Waals surface area contributed by atoms with E-state index in [1.165, 1.54) is 28.7 Å². The number of hydrogen-bond donors (Lipinski definition) is 2. The minimum absolute atomic E-state index is 0.113. The van der Waals surface area contributed by atoms with Crippen LogP contribution in [0.5, 0.6) is 0 Å². The Morgan fingerprint density at radius 3 is 2.60 bits per heavy atom. The maximum Gasteiger partial charge on any atom is 0.319 e. The van der Waals surface area contributed by atoms with E-state index in [0.717, 1.165) is 10.1 Å². The Hall–Kier alpha value is -3.36. The fourth-order valence-electron chi connectivity index (χ4n) is 4.92. The summed E-state index contributed by atoms with van der Waals surface area (Å²) < 4.78 is 58.2. The molecule has 0 saturated carbocycles. The van der Waals surface area contributed by atoms with Crippen LogP contribution < -0.4 is 5.56 Å². The van der Waals surface area contributed by atoms with Crippen LogP contribution >= 0.6 is 19.9 Å². The molecule has 2 aliphatic heterocycles. The molecule has 13 nitrogen and oxygen atoms in total. The molecule has 2 aromatic carbocycles. The zero-order valence-electron chi connectivity index (χ0n) is 20.2. The minimum Gasteiger partial charge on any atom is -0.386 e. The first-order valence-electron chi connectivity index (χ1n) is 12.0. The van der Waals surface area contributed by atoms with Gasteiger partial charge in [0, 0.05) is 11.2 Å². The molecule has 206 valence electrons. The van der Waals surface area contributed by atoms with Crippen LogP contribution in [0.2, 0.25) is 5.02 Å². The third-order valence-electron chi connectivity index (χ3n) is 6.83. The van der Waals surface area contributed by atoms with E-state index in [4.69, 9.17) is 25.4 Å². The van der Waals surface area contributed by atoms with E-state index < -0.39 is 53.3 Å². The van der Waals surface area contributed by atoms with Gasteiger partial charge in [0.05, 0.1) is 17.2 Å². The van der Waals surface area contributed by atoms with E-state index in [-0.39, 0.29) is 28.4 Å². The van der Waals surface area contributed by atoms with E-state index in [0.29, 0.717) is 10.7 Å². The highest BCUT2D eigenvalue weighted by Gasteiger charge is 2.51. The summed E-state index contributed by atoms with van der Waals surface area (Å²) in [6.45, 7) is -0.140. The Bertz CT molecular complexity index is 1980. The number of fused-ring (bicyclic) bond motifs is 3. The number of aliphatic hydroxyl groups is 1. The highest BCUT2D eigenvalue weighted by Crippen LogP contribution is 2.44. The van der Waals surface area contributed by atoms with Crippen LogP contribution in [0.1, 0.15) is 6.23 Å². The average molecular weight is 604 g/mol. The molecule has 0 bridgehead atoms. The number of nitrogens with one attached hydrogen (secondary N) is 1. The van der Waals surface area contributed by atoms with Crippen LogP contribution in [0.3, 0.4) is 0 Å². The van der Waals surface area contributed by atoms with Crippen LogP contribution in [0, 0.1) is 0 Å². The number of aliphatic hydroxyl groups excluding tert-OH is 1. The molecule has 0 amide bonds. The number of hydrogen-bond acceptors (Lipinski definition) is 10. The van der Waals surface area contributed by atoms with E-state index in [1.54, 1.807) is 6.20 Å². The predicted octanol–water partition coefficient (Wildman–Crippen LogP) is 2.59. The maximum atomic E-state index is 13.8. The number of aromatic amines is 1. The molecular weight excluding hydrogens is 585 g/mol. The second kappa shape index (κ2) is 9.35. The number of imidazole rings is 2. The highest BCUT2D eigenvalue weighted by atomic mass is 35.5. The van der Waals surface area contributed by atoms with Crippen LogP contribution in [-0.2, 0) is 28.2 Å². The van der Waals surface area contributed by atoms with Gasteiger partial charge in [0.25, 0.3) is 5.56 Å². The van der Waals surface area contributed by atoms with Crippen LogP contribution in [0.15, 0.2) is 75.6 Å². The number of benzene rings is 2. The number of sulfone groups is 1. The van der Waals surface area contributed by atoms with Crippen molar-refractivity contribution in [3.8, 4) is 11.3 Å². The molecule has 0 radical (unpaired) electrons. The van der Waals surface area contributed by atoms with Gasteiger partial charge in [-0.1, -0.05) is 41.9 Å². The van der Waals surface area contributed by atoms with E-state index >= 15 is 0 Å². The summed E-state index contributed by atoms with van der Waals surface area (Å²) in [5.41, 5.74) is 0.344. The molecule has 2 aliphatic rings. The van der Waals surface area contributed by atoms with Crippen LogP contribution in [0.25, 0.3) is 28.2 Å². The SMILES string of the molecule is O=c1c2nc(S(=O)(=O)c3ccc(Cl)cc3)n([C@@H]3OC4CO[PH](=O)O[C@H]4[C@@H]3O)c2nc2[nH]c(-c3ccccc3)cn12. The number of halogens is 1. The lowest BCUT2D eigenvalue weighted by Crippen LogP contribution is -2.37. The van der Waals surface area contributed by atoms with Gasteiger partial charge in [0.1, 0.15) is 18.3 Å². The molecule has 0 aliphatic carbocycles. The van der Waals surface area contributed by atoms with Crippen LogP contribution in [-0.4, -0.2) is 62.4 Å². The molecule has 2 N–H and O–H groups in total. The topological polar surface area (TPSA) is 167 Å². The lowest BCUT2D eigenvalue weighted by molar-refractivity contribution is -0.0585. The molecule has 2 unspecified atom stereocenters. The summed E-state index contributed by atoms with van der Waals surface area (Å²) in [6.07, 6.45) is -3.26. The van der Waals surface area contributed by atoms with Gasteiger partial charge >= 0.3 is 8.25 Å². The Labute approximate surface area is 230 Å². The third-order valence-corrected chi connectivity index (χ3v) is 9.61. The first-order chi connectivity index (χ1) is 19.2. The summed E-state index contributed by atoms with van der Waals surface area (Å²) in [5.74, 6) is 0.113. The summed E-state index contributed by atoms with van der Waals surface area (Å²) in [5, 5.41) is 10.9. The standard InChI is InChI=1S/C24H19ClN5O8PS/c25-13-6-8-14(9-7-13)40(34,35)24-27-17-20(30(24)22-18(31)19-16(37-22)11-36-39(33)38-19)28-23-26-15(10-29(23)21(17)32)12-4-2-1-3-5-12/h1-10,16,18-19,22,31,39H,11H2,(H,26,28)/t16?,18-,19+,22+/m0/s1. The van der Waals surface area contributed by atoms with Gasteiger partial charge < -0.3 is 23.9 Å². The molecule has 7 rings (SSSR count). The van der Waals surface area contributed by atoms with Crippen molar-refractivity contribution < 1.29 is 31.9 Å². The normalized spacial score (nSPS) is 25.0. The Kier molecular flexibility index (Phi) is 5.98. The predicted molar refractivity (Wildman–Crippen MR) is 141 cm³/mol. The molecule has 16 heteroatoms. The van der Waals surface area contributed by atoms with Crippen molar-refractivity contribution in [1.29, 1.82) is 0 Å². The number of H-pyrrole nitrogens is 1. The van der Waals surface area contributed by atoms with E-state index in [9.17, 15) is 22.9 Å². The van der Waals surface area contributed by atoms with Gasteiger partial charge in [0.15, 0.2) is 17.4 Å². The lowest BCUT2D eigenvalue weighted by Gasteiger charge is -2.24. The first-order valence-corrected chi connectivity index (χ1v) is 15.1. The Morgan fingerprint density at radius 1 is 1.10 bits per heavy atom. The molecule has 2 fully saturated rings. The molecule has 40 heavy (non-hydrogen) atoms. The van der Waals surface area contributed by atoms with Gasteiger partial charge in [-0.3, -0.25) is 13.9 Å². The molecule has 0 spiro atoms. The lowest BCUT2D eigenvalue weighted by atomic mass is 10.1. The fourth-order valence-corrected chi connectivity index (χ4v) is 7.29. The van der Waals surface area contributed by atoms with Gasteiger partial charge in [-0.15, -0.1) is 0 Å². The molecule has 5 aromatic rings. The zero-order valence-corrected chi connectivity index (χ0v) is 22.7. The quantitative estimate of drug-likeness (QED) is 0.291. The molecule has 5 heterocycles. The number of rotatable bonds is 4. The van der Waals surface area contributed by atoms with Crippen molar-refractivity contribution in [2.45, 2.75) is 34.6 Å². The van der Waals surface area contributed by atoms with Gasteiger partial charge in [-0.25, -0.2) is 17.8 Å². The number of nitrogens with zero attached hydrogens (tertiary/aromatic N) is 4. The first kappa shape index (κ1) is 25.6. The molecule has 3 aromatic heterocycles. The van der Waals surface area contributed by atoms with Crippen molar-refractivity contribution in [3.05, 3.63) is 76.2 Å². The van der Waals surface area contributed by atoms with E-state index in [1.807, 2.05) is 30.3 Å². The summed E-state index contributed by atoms with van der Waals surface area (Å²) >= 11 is 5.96. The highest BCUT2D eigenvalue weighted by molar-refractivity contribution is 7.91. The largest absolute Gasteiger partial charge is 0.386 e.